The molecule has 1 aliphatic carbocycles. The van der Waals surface area contributed by atoms with Gasteiger partial charge in [-0.15, -0.1) is 0 Å². The van der Waals surface area contributed by atoms with Crippen molar-refractivity contribution in [3.8, 4) is 0 Å². The van der Waals surface area contributed by atoms with Gasteiger partial charge in [0.05, 0.1) is 5.52 Å². The number of nitrogens with one attached hydrogen (secondary N) is 3. The fourth-order valence-corrected chi connectivity index (χ4v) is 2.85. The van der Waals surface area contributed by atoms with Crippen LogP contribution in [0.1, 0.15) is 18.4 Å². The predicted molar refractivity (Wildman–Crippen MR) is 107 cm³/mol. The van der Waals surface area contributed by atoms with E-state index in [1.165, 1.54) is 5.56 Å². The number of rotatable bonds is 6. The topological polar surface area (TPSA) is 87.1 Å². The molecule has 2 aromatic heterocycles. The molecule has 2 heterocycles. The molecule has 0 radical (unpaired) electrons. The molecule has 1 aromatic carbocycles. The first-order valence-corrected chi connectivity index (χ1v) is 8.63. The van der Waals surface area contributed by atoms with E-state index in [1.807, 2.05) is 31.4 Å². The van der Waals surface area contributed by atoms with E-state index in [4.69, 9.17) is 0 Å². The van der Waals surface area contributed by atoms with Crippen LogP contribution in [0.15, 0.2) is 35.5 Å². The van der Waals surface area contributed by atoms with Gasteiger partial charge in [-0.1, -0.05) is 0 Å². The van der Waals surface area contributed by atoms with Crippen LogP contribution in [0, 0.1) is 6.92 Å². The van der Waals surface area contributed by atoms with Crippen molar-refractivity contribution in [3.05, 3.63) is 36.0 Å². The zero-order valence-electron chi connectivity index (χ0n) is 14.9. The number of benzene rings is 1. The molecule has 1 fully saturated rings. The van der Waals surface area contributed by atoms with Crippen molar-refractivity contribution in [1.82, 2.24) is 15.0 Å². The Labute approximate surface area is 152 Å². The minimum Gasteiger partial charge on any atom is -0.371 e. The monoisotopic (exact) mass is 347 g/mol. The van der Waals surface area contributed by atoms with Gasteiger partial charge >= 0.3 is 0 Å². The van der Waals surface area contributed by atoms with Gasteiger partial charge in [0.15, 0.2) is 11.6 Å². The molecule has 7 nitrogen and oxygen atoms in total. The van der Waals surface area contributed by atoms with E-state index in [2.05, 4.69) is 55.6 Å². The fourth-order valence-electron chi connectivity index (χ4n) is 2.85. The lowest BCUT2D eigenvalue weighted by Gasteiger charge is -2.14. The molecule has 4 rings (SSSR count). The second-order valence-electron chi connectivity index (χ2n) is 6.40. The number of fused-ring (bicyclic) bond motifs is 1. The highest BCUT2D eigenvalue weighted by Crippen LogP contribution is 2.35. The Morgan fingerprint density at radius 2 is 1.96 bits per heavy atom. The maximum Gasteiger partial charge on any atom is 0.231 e. The second kappa shape index (κ2) is 6.59. The Balaban J connectivity index is 1.71. The van der Waals surface area contributed by atoms with Crippen LogP contribution < -0.4 is 16.0 Å². The van der Waals surface area contributed by atoms with Crippen LogP contribution in [0.2, 0.25) is 0 Å². The van der Waals surface area contributed by atoms with Crippen molar-refractivity contribution >= 4 is 46.6 Å². The third-order valence-electron chi connectivity index (χ3n) is 4.41. The molecule has 132 valence electrons. The average molecular weight is 347 g/mol. The summed E-state index contributed by atoms with van der Waals surface area (Å²) >= 11 is 0. The standard InChI is InChI=1S/C19H21N7/c1-11-8-9-22-15-7-6-13(10-14(11)15)24-19-25-17(21-3)16(20-2)18(26-19)23-12-4-5-12/h6-10,12H,2,4-5H2,1,3H3,(H3,21,23,24,25,26). The lowest BCUT2D eigenvalue weighted by molar-refractivity contribution is 1.08. The first kappa shape index (κ1) is 16.3. The predicted octanol–water partition coefficient (Wildman–Crippen LogP) is 4.02. The Morgan fingerprint density at radius 1 is 1.15 bits per heavy atom. The lowest BCUT2D eigenvalue weighted by atomic mass is 10.1. The third-order valence-corrected chi connectivity index (χ3v) is 4.41. The Morgan fingerprint density at radius 3 is 2.69 bits per heavy atom. The van der Waals surface area contributed by atoms with Crippen LogP contribution in [0.3, 0.4) is 0 Å². The normalized spacial score (nSPS) is 13.5. The van der Waals surface area contributed by atoms with Crippen molar-refractivity contribution in [1.29, 1.82) is 0 Å². The number of anilines is 4. The van der Waals surface area contributed by atoms with E-state index in [1.54, 1.807) is 0 Å². The van der Waals surface area contributed by atoms with Crippen LogP contribution in [-0.2, 0) is 0 Å². The van der Waals surface area contributed by atoms with Crippen LogP contribution in [0.4, 0.5) is 29.0 Å². The van der Waals surface area contributed by atoms with Crippen LogP contribution >= 0.6 is 0 Å². The molecular weight excluding hydrogens is 326 g/mol. The number of hydrogen-bond donors (Lipinski definition) is 3. The van der Waals surface area contributed by atoms with Crippen molar-refractivity contribution in [2.45, 2.75) is 25.8 Å². The number of aliphatic imine (C=N–C) groups is 1. The Hall–Kier alpha value is -3.22. The molecule has 0 unspecified atom stereocenters. The third kappa shape index (κ3) is 3.15. The smallest absolute Gasteiger partial charge is 0.231 e. The summed E-state index contributed by atoms with van der Waals surface area (Å²) in [6.07, 6.45) is 4.12. The zero-order valence-corrected chi connectivity index (χ0v) is 14.9. The van der Waals surface area contributed by atoms with E-state index in [0.717, 1.165) is 29.4 Å². The first-order valence-electron chi connectivity index (χ1n) is 8.63. The van der Waals surface area contributed by atoms with Crippen molar-refractivity contribution in [3.63, 3.8) is 0 Å². The molecule has 0 atom stereocenters. The Kier molecular flexibility index (Phi) is 4.12. The molecule has 1 saturated carbocycles. The number of hydrogen-bond acceptors (Lipinski definition) is 7. The molecule has 1 aliphatic rings. The highest BCUT2D eigenvalue weighted by Gasteiger charge is 2.24. The molecule has 3 N–H and O–H groups in total. The number of aryl methyl sites for hydroxylation is 1. The molecular formula is C19H21N7. The molecule has 0 amide bonds. The van der Waals surface area contributed by atoms with E-state index >= 15 is 0 Å². The second-order valence-corrected chi connectivity index (χ2v) is 6.40. The summed E-state index contributed by atoms with van der Waals surface area (Å²) in [5.74, 6) is 1.84. The molecule has 0 aliphatic heterocycles. The van der Waals surface area contributed by atoms with Gasteiger partial charge in [0.25, 0.3) is 0 Å². The van der Waals surface area contributed by atoms with Crippen LogP contribution in [0.5, 0.6) is 0 Å². The van der Waals surface area contributed by atoms with E-state index < -0.39 is 0 Å². The summed E-state index contributed by atoms with van der Waals surface area (Å²) in [6, 6.07) is 8.49. The van der Waals surface area contributed by atoms with Gasteiger partial charge in [0.2, 0.25) is 5.95 Å². The van der Waals surface area contributed by atoms with Crippen LogP contribution in [-0.4, -0.2) is 34.8 Å². The van der Waals surface area contributed by atoms with E-state index in [9.17, 15) is 0 Å². The molecule has 0 spiro atoms. The fraction of sp³-hybridized carbons (Fsp3) is 0.263. The largest absolute Gasteiger partial charge is 0.371 e. The Bertz CT molecular complexity index is 979. The molecule has 0 bridgehead atoms. The average Bonchev–Trinajstić information content (AvgIpc) is 3.46. The van der Waals surface area contributed by atoms with Gasteiger partial charge in [-0.05, 0) is 56.3 Å². The summed E-state index contributed by atoms with van der Waals surface area (Å²) in [5.41, 5.74) is 3.70. The van der Waals surface area contributed by atoms with Crippen LogP contribution in [0.25, 0.3) is 10.9 Å². The number of aromatic nitrogens is 3. The molecule has 26 heavy (non-hydrogen) atoms. The summed E-state index contributed by atoms with van der Waals surface area (Å²) in [7, 11) is 1.81. The maximum atomic E-state index is 4.61. The van der Waals surface area contributed by atoms with Gasteiger partial charge in [-0.25, -0.2) is 0 Å². The zero-order chi connectivity index (χ0) is 18.1. The van der Waals surface area contributed by atoms with E-state index in [0.29, 0.717) is 29.3 Å². The summed E-state index contributed by atoms with van der Waals surface area (Å²) < 4.78 is 0. The molecule has 7 heteroatoms. The summed E-state index contributed by atoms with van der Waals surface area (Å²) in [5, 5.41) is 10.9. The van der Waals surface area contributed by atoms with E-state index in [-0.39, 0.29) is 0 Å². The van der Waals surface area contributed by atoms with Crippen molar-refractivity contribution in [2.75, 3.05) is 23.0 Å². The van der Waals surface area contributed by atoms with Crippen molar-refractivity contribution < 1.29 is 0 Å². The van der Waals surface area contributed by atoms with Crippen molar-refractivity contribution in [2.24, 2.45) is 4.99 Å². The van der Waals surface area contributed by atoms with Gasteiger partial charge in [0, 0.05) is 30.4 Å². The van der Waals surface area contributed by atoms with Gasteiger partial charge in [-0.3, -0.25) is 9.98 Å². The molecule has 3 aromatic rings. The SMILES string of the molecule is C=Nc1c(NC)nc(Nc2ccc3nccc(C)c3c2)nc1NC1CC1. The van der Waals surface area contributed by atoms with Gasteiger partial charge < -0.3 is 16.0 Å². The van der Waals surface area contributed by atoms with Gasteiger partial charge in [-0.2, -0.15) is 9.97 Å². The minimum absolute atomic E-state index is 0.456. The number of nitrogens with zero attached hydrogens (tertiary/aromatic N) is 4. The molecule has 0 saturated heterocycles. The summed E-state index contributed by atoms with van der Waals surface area (Å²) in [4.78, 5) is 17.6. The highest BCUT2D eigenvalue weighted by molar-refractivity contribution is 5.86. The highest BCUT2D eigenvalue weighted by atomic mass is 15.2. The number of pyridine rings is 1. The summed E-state index contributed by atoms with van der Waals surface area (Å²) in [6.45, 7) is 5.72. The van der Waals surface area contributed by atoms with Gasteiger partial charge in [0.1, 0.15) is 5.69 Å². The maximum absolute atomic E-state index is 4.61. The first-order chi connectivity index (χ1) is 12.7. The lowest BCUT2D eigenvalue weighted by Crippen LogP contribution is -2.08. The quantitative estimate of drug-likeness (QED) is 0.584. The minimum atomic E-state index is 0.456.